The lowest BCUT2D eigenvalue weighted by molar-refractivity contribution is 0.0808. The SMILES string of the molecule is Cn1c(=O)c2c(c3ccccc31)OC(C(=O)c1ccccc1)C2c1cccc(Cl)c1. The quantitative estimate of drug-likeness (QED) is 0.444. The van der Waals surface area contributed by atoms with E-state index in [1.165, 1.54) is 0 Å². The number of benzene rings is 3. The van der Waals surface area contributed by atoms with Crippen LogP contribution in [0, 0.1) is 0 Å². The first-order valence-corrected chi connectivity index (χ1v) is 10.1. The Morgan fingerprint density at radius 2 is 1.70 bits per heavy atom. The Balaban J connectivity index is 1.78. The smallest absolute Gasteiger partial charge is 0.258 e. The number of para-hydroxylation sites is 1. The number of ether oxygens (including phenoxy) is 1. The Morgan fingerprint density at radius 3 is 2.47 bits per heavy atom. The molecule has 3 aromatic carbocycles. The van der Waals surface area contributed by atoms with Gasteiger partial charge in [0.25, 0.3) is 5.56 Å². The van der Waals surface area contributed by atoms with E-state index in [-0.39, 0.29) is 11.3 Å². The summed E-state index contributed by atoms with van der Waals surface area (Å²) in [5, 5.41) is 1.36. The van der Waals surface area contributed by atoms with Gasteiger partial charge in [-0.2, -0.15) is 0 Å². The number of pyridine rings is 1. The average Bonchev–Trinajstić information content (AvgIpc) is 3.18. The predicted octanol–water partition coefficient (Wildman–Crippen LogP) is 4.97. The molecule has 0 bridgehead atoms. The number of carbonyl (C=O) groups is 1. The number of Topliss-reactive ketones (excluding diaryl/α,β-unsaturated/α-hetero) is 1. The van der Waals surface area contributed by atoms with Crippen molar-refractivity contribution < 1.29 is 9.53 Å². The molecule has 1 aromatic heterocycles. The van der Waals surface area contributed by atoms with Crippen molar-refractivity contribution in [1.82, 2.24) is 4.57 Å². The Kier molecular flexibility index (Phi) is 4.44. The van der Waals surface area contributed by atoms with Gasteiger partial charge in [-0.3, -0.25) is 9.59 Å². The average molecular weight is 416 g/mol. The molecule has 0 amide bonds. The van der Waals surface area contributed by atoms with Crippen molar-refractivity contribution >= 4 is 28.3 Å². The van der Waals surface area contributed by atoms with Crippen LogP contribution in [0.3, 0.4) is 0 Å². The number of aryl methyl sites for hydroxylation is 1. The fourth-order valence-corrected chi connectivity index (χ4v) is 4.45. The van der Waals surface area contributed by atoms with Gasteiger partial charge in [0.15, 0.2) is 6.10 Å². The maximum atomic E-state index is 13.4. The molecule has 2 unspecified atom stereocenters. The van der Waals surface area contributed by atoms with Crippen LogP contribution in [0.2, 0.25) is 5.02 Å². The van der Waals surface area contributed by atoms with Gasteiger partial charge in [-0.25, -0.2) is 0 Å². The molecular weight excluding hydrogens is 398 g/mol. The van der Waals surface area contributed by atoms with Gasteiger partial charge in [0.05, 0.1) is 17.0 Å². The van der Waals surface area contributed by atoms with E-state index >= 15 is 0 Å². The molecule has 0 spiro atoms. The third kappa shape index (κ3) is 2.84. The number of halogens is 1. The Labute approximate surface area is 178 Å². The van der Waals surface area contributed by atoms with E-state index in [1.807, 2.05) is 54.6 Å². The number of hydrogen-bond donors (Lipinski definition) is 0. The van der Waals surface area contributed by atoms with Crippen molar-refractivity contribution in [2.45, 2.75) is 12.0 Å². The van der Waals surface area contributed by atoms with Crippen LogP contribution >= 0.6 is 11.6 Å². The highest BCUT2D eigenvalue weighted by molar-refractivity contribution is 6.30. The minimum Gasteiger partial charge on any atom is -0.480 e. The van der Waals surface area contributed by atoms with E-state index in [9.17, 15) is 9.59 Å². The third-order valence-electron chi connectivity index (χ3n) is 5.67. The second-order valence-corrected chi connectivity index (χ2v) is 7.86. The molecule has 4 nitrogen and oxygen atoms in total. The van der Waals surface area contributed by atoms with E-state index in [1.54, 1.807) is 35.9 Å². The standard InChI is InChI=1S/C25H18ClNO3/c1-27-19-13-6-5-12-18(19)23-21(25(27)29)20(16-10-7-11-17(26)14-16)24(30-23)22(28)15-8-3-2-4-9-15/h2-14,20,24H,1H3. The number of ketones is 1. The fraction of sp³-hybridized carbons (Fsp3) is 0.120. The second kappa shape index (κ2) is 7.15. The zero-order valence-electron chi connectivity index (χ0n) is 16.2. The summed E-state index contributed by atoms with van der Waals surface area (Å²) >= 11 is 6.25. The van der Waals surface area contributed by atoms with E-state index in [2.05, 4.69) is 0 Å². The summed E-state index contributed by atoms with van der Waals surface area (Å²) in [5.74, 6) is -0.231. The number of hydrogen-bond acceptors (Lipinski definition) is 3. The van der Waals surface area contributed by atoms with Crippen LogP contribution in [-0.4, -0.2) is 16.5 Å². The number of aromatic nitrogens is 1. The largest absolute Gasteiger partial charge is 0.480 e. The summed E-state index contributed by atoms with van der Waals surface area (Å²) in [6.45, 7) is 0. The normalized spacial score (nSPS) is 17.5. The maximum absolute atomic E-state index is 13.4. The van der Waals surface area contributed by atoms with Gasteiger partial charge in [-0.05, 0) is 29.8 Å². The lowest BCUT2D eigenvalue weighted by atomic mass is 9.85. The van der Waals surface area contributed by atoms with Crippen LogP contribution in [0.5, 0.6) is 5.75 Å². The van der Waals surface area contributed by atoms with Crippen LogP contribution in [0.15, 0.2) is 83.7 Å². The molecule has 2 atom stereocenters. The van der Waals surface area contributed by atoms with Gasteiger partial charge in [-0.15, -0.1) is 0 Å². The monoisotopic (exact) mass is 415 g/mol. The zero-order chi connectivity index (χ0) is 20.8. The Morgan fingerprint density at radius 1 is 0.967 bits per heavy atom. The summed E-state index contributed by atoms with van der Waals surface area (Å²) in [5.41, 5.74) is 2.41. The van der Waals surface area contributed by atoms with E-state index in [0.29, 0.717) is 21.9 Å². The highest BCUT2D eigenvalue weighted by atomic mass is 35.5. The molecule has 4 aromatic rings. The van der Waals surface area contributed by atoms with Crippen LogP contribution < -0.4 is 10.3 Å². The molecule has 2 heterocycles. The highest BCUT2D eigenvalue weighted by Crippen LogP contribution is 2.45. The lowest BCUT2D eigenvalue weighted by Crippen LogP contribution is -2.32. The van der Waals surface area contributed by atoms with Gasteiger partial charge in [0.2, 0.25) is 5.78 Å². The number of nitrogens with zero attached hydrogens (tertiary/aromatic N) is 1. The van der Waals surface area contributed by atoms with Gasteiger partial charge in [0, 0.05) is 23.0 Å². The van der Waals surface area contributed by atoms with Crippen LogP contribution in [0.4, 0.5) is 0 Å². The second-order valence-electron chi connectivity index (χ2n) is 7.43. The summed E-state index contributed by atoms with van der Waals surface area (Å²) in [6.07, 6.45) is -0.848. The van der Waals surface area contributed by atoms with Crippen molar-refractivity contribution in [3.05, 3.63) is 111 Å². The first-order chi connectivity index (χ1) is 14.6. The lowest BCUT2D eigenvalue weighted by Gasteiger charge is -2.18. The van der Waals surface area contributed by atoms with Crippen molar-refractivity contribution in [1.29, 1.82) is 0 Å². The van der Waals surface area contributed by atoms with Crippen molar-refractivity contribution in [3.8, 4) is 5.75 Å². The third-order valence-corrected chi connectivity index (χ3v) is 5.91. The molecule has 1 aliphatic heterocycles. The van der Waals surface area contributed by atoms with Gasteiger partial charge in [-0.1, -0.05) is 66.2 Å². The topological polar surface area (TPSA) is 48.3 Å². The first kappa shape index (κ1) is 18.6. The van der Waals surface area contributed by atoms with Crippen LogP contribution in [-0.2, 0) is 7.05 Å². The van der Waals surface area contributed by atoms with Crippen LogP contribution in [0.25, 0.3) is 10.9 Å². The molecule has 148 valence electrons. The predicted molar refractivity (Wildman–Crippen MR) is 118 cm³/mol. The Bertz CT molecular complexity index is 1340. The molecule has 0 saturated heterocycles. The molecule has 1 aliphatic rings. The number of rotatable bonds is 3. The first-order valence-electron chi connectivity index (χ1n) is 9.69. The molecule has 0 aliphatic carbocycles. The van der Waals surface area contributed by atoms with Crippen molar-refractivity contribution in [3.63, 3.8) is 0 Å². The number of fused-ring (bicyclic) bond motifs is 3. The summed E-state index contributed by atoms with van der Waals surface area (Å²) in [6, 6.07) is 23.9. The molecule has 5 heteroatoms. The molecule has 0 saturated carbocycles. The van der Waals surface area contributed by atoms with Gasteiger partial charge < -0.3 is 9.30 Å². The molecule has 30 heavy (non-hydrogen) atoms. The fourth-order valence-electron chi connectivity index (χ4n) is 4.25. The van der Waals surface area contributed by atoms with Gasteiger partial charge in [0.1, 0.15) is 5.75 Å². The summed E-state index contributed by atoms with van der Waals surface area (Å²) in [7, 11) is 1.74. The Hall–Kier alpha value is -3.37. The molecular formula is C25H18ClNO3. The molecule has 0 N–H and O–H groups in total. The molecule has 0 radical (unpaired) electrons. The van der Waals surface area contributed by atoms with E-state index in [4.69, 9.17) is 16.3 Å². The zero-order valence-corrected chi connectivity index (χ0v) is 17.0. The van der Waals surface area contributed by atoms with E-state index in [0.717, 1.165) is 16.5 Å². The van der Waals surface area contributed by atoms with E-state index < -0.39 is 12.0 Å². The van der Waals surface area contributed by atoms with Crippen LogP contribution in [0.1, 0.15) is 27.4 Å². The summed E-state index contributed by atoms with van der Waals surface area (Å²) in [4.78, 5) is 26.8. The minimum absolute atomic E-state index is 0.164. The minimum atomic E-state index is -0.848. The summed E-state index contributed by atoms with van der Waals surface area (Å²) < 4.78 is 7.89. The molecule has 0 fully saturated rings. The van der Waals surface area contributed by atoms with Crippen molar-refractivity contribution in [2.75, 3.05) is 0 Å². The van der Waals surface area contributed by atoms with Gasteiger partial charge >= 0.3 is 0 Å². The van der Waals surface area contributed by atoms with Crippen molar-refractivity contribution in [2.24, 2.45) is 7.05 Å². The highest BCUT2D eigenvalue weighted by Gasteiger charge is 2.44. The number of carbonyl (C=O) groups excluding carboxylic acids is 1. The maximum Gasteiger partial charge on any atom is 0.258 e. The molecule has 5 rings (SSSR count).